The average molecular weight is 289 g/mol. The summed E-state index contributed by atoms with van der Waals surface area (Å²) >= 11 is 0. The lowest BCUT2D eigenvalue weighted by Gasteiger charge is -2.10. The molecule has 0 aliphatic heterocycles. The van der Waals surface area contributed by atoms with Crippen molar-refractivity contribution >= 4 is 0 Å². The van der Waals surface area contributed by atoms with Crippen molar-refractivity contribution in [3.05, 3.63) is 72.3 Å². The molecule has 0 atom stereocenters. The number of aryl methyl sites for hydroxylation is 1. The quantitative estimate of drug-likeness (QED) is 0.567. The molecule has 1 aromatic heterocycles. The van der Waals surface area contributed by atoms with Gasteiger partial charge in [0.1, 0.15) is 0 Å². The van der Waals surface area contributed by atoms with Gasteiger partial charge in [-0.1, -0.05) is 74.0 Å². The SMILES string of the molecule is CCCCc1cc(-c2ccccc2)n(C)c1-c1ccccc1. The molecule has 0 fully saturated rings. The zero-order valence-electron chi connectivity index (χ0n) is 13.4. The van der Waals surface area contributed by atoms with Crippen LogP contribution in [0.25, 0.3) is 22.5 Å². The third-order valence-corrected chi connectivity index (χ3v) is 4.23. The topological polar surface area (TPSA) is 4.93 Å². The summed E-state index contributed by atoms with van der Waals surface area (Å²) in [6, 6.07) is 23.8. The monoisotopic (exact) mass is 289 g/mol. The molecular formula is C21H23N. The Morgan fingerprint density at radius 2 is 1.41 bits per heavy atom. The molecule has 0 unspecified atom stereocenters. The Bertz CT molecular complexity index is 723. The predicted octanol–water partition coefficient (Wildman–Crippen LogP) is 5.70. The molecule has 0 saturated carbocycles. The average Bonchev–Trinajstić information content (AvgIpc) is 2.91. The Kier molecular flexibility index (Phi) is 4.43. The van der Waals surface area contributed by atoms with Crippen LogP contribution < -0.4 is 0 Å². The smallest absolute Gasteiger partial charge is 0.0515 e. The summed E-state index contributed by atoms with van der Waals surface area (Å²) in [7, 11) is 2.18. The first kappa shape index (κ1) is 14.6. The molecule has 0 aliphatic carbocycles. The van der Waals surface area contributed by atoms with E-state index in [4.69, 9.17) is 0 Å². The predicted molar refractivity (Wildman–Crippen MR) is 94.9 cm³/mol. The minimum absolute atomic E-state index is 1.14. The summed E-state index contributed by atoms with van der Waals surface area (Å²) in [4.78, 5) is 0. The normalized spacial score (nSPS) is 10.8. The van der Waals surface area contributed by atoms with Gasteiger partial charge in [0.05, 0.1) is 5.69 Å². The van der Waals surface area contributed by atoms with Crippen molar-refractivity contribution in [2.75, 3.05) is 0 Å². The van der Waals surface area contributed by atoms with Crippen molar-refractivity contribution < 1.29 is 0 Å². The molecule has 22 heavy (non-hydrogen) atoms. The van der Waals surface area contributed by atoms with E-state index in [1.54, 1.807) is 0 Å². The summed E-state index contributed by atoms with van der Waals surface area (Å²) in [5.74, 6) is 0. The fraction of sp³-hybridized carbons (Fsp3) is 0.238. The lowest BCUT2D eigenvalue weighted by atomic mass is 10.0. The van der Waals surface area contributed by atoms with E-state index in [0.29, 0.717) is 0 Å². The van der Waals surface area contributed by atoms with Crippen molar-refractivity contribution in [2.24, 2.45) is 7.05 Å². The van der Waals surface area contributed by atoms with Gasteiger partial charge in [0.2, 0.25) is 0 Å². The number of hydrogen-bond donors (Lipinski definition) is 0. The standard InChI is InChI=1S/C21H23N/c1-3-4-11-19-16-20(17-12-7-5-8-13-17)22(2)21(19)18-14-9-6-10-15-18/h5-10,12-16H,3-4,11H2,1-2H3. The van der Waals surface area contributed by atoms with E-state index < -0.39 is 0 Å². The molecule has 3 rings (SSSR count). The molecule has 1 nitrogen and oxygen atoms in total. The maximum atomic E-state index is 2.37. The zero-order chi connectivity index (χ0) is 15.4. The first-order chi connectivity index (χ1) is 10.8. The van der Waals surface area contributed by atoms with Gasteiger partial charge in [-0.15, -0.1) is 0 Å². The van der Waals surface area contributed by atoms with Crippen LogP contribution in [0.5, 0.6) is 0 Å². The number of benzene rings is 2. The molecule has 0 saturated heterocycles. The number of rotatable bonds is 5. The van der Waals surface area contributed by atoms with Crippen molar-refractivity contribution in [3.8, 4) is 22.5 Å². The van der Waals surface area contributed by atoms with Gasteiger partial charge in [0.25, 0.3) is 0 Å². The second-order valence-corrected chi connectivity index (χ2v) is 5.80. The lowest BCUT2D eigenvalue weighted by molar-refractivity contribution is 0.794. The number of nitrogens with zero attached hydrogens (tertiary/aromatic N) is 1. The fourth-order valence-electron chi connectivity index (χ4n) is 3.08. The van der Waals surface area contributed by atoms with Gasteiger partial charge in [-0.05, 0) is 35.6 Å². The molecule has 0 aliphatic rings. The molecular weight excluding hydrogens is 266 g/mol. The van der Waals surface area contributed by atoms with E-state index in [2.05, 4.69) is 85.3 Å². The lowest BCUT2D eigenvalue weighted by Crippen LogP contribution is -1.96. The Balaban J connectivity index is 2.13. The molecule has 1 heterocycles. The third kappa shape index (κ3) is 2.85. The van der Waals surface area contributed by atoms with E-state index in [1.165, 1.54) is 40.9 Å². The van der Waals surface area contributed by atoms with Crippen LogP contribution in [0.4, 0.5) is 0 Å². The molecule has 0 bridgehead atoms. The molecule has 3 aromatic rings. The highest BCUT2D eigenvalue weighted by molar-refractivity contribution is 5.73. The van der Waals surface area contributed by atoms with Crippen LogP contribution >= 0.6 is 0 Å². The highest BCUT2D eigenvalue weighted by atomic mass is 15.0. The highest BCUT2D eigenvalue weighted by Gasteiger charge is 2.14. The van der Waals surface area contributed by atoms with Crippen LogP contribution in [-0.4, -0.2) is 4.57 Å². The van der Waals surface area contributed by atoms with Crippen LogP contribution in [0.1, 0.15) is 25.3 Å². The molecule has 0 amide bonds. The van der Waals surface area contributed by atoms with Crippen molar-refractivity contribution in [3.63, 3.8) is 0 Å². The maximum Gasteiger partial charge on any atom is 0.0515 e. The van der Waals surface area contributed by atoms with Gasteiger partial charge < -0.3 is 4.57 Å². The minimum atomic E-state index is 1.14. The van der Waals surface area contributed by atoms with E-state index in [9.17, 15) is 0 Å². The van der Waals surface area contributed by atoms with Crippen molar-refractivity contribution in [1.82, 2.24) is 4.57 Å². The highest BCUT2D eigenvalue weighted by Crippen LogP contribution is 2.32. The first-order valence-electron chi connectivity index (χ1n) is 8.10. The van der Waals surface area contributed by atoms with Crippen LogP contribution in [0.2, 0.25) is 0 Å². The molecule has 112 valence electrons. The number of aromatic nitrogens is 1. The third-order valence-electron chi connectivity index (χ3n) is 4.23. The van der Waals surface area contributed by atoms with Gasteiger partial charge >= 0.3 is 0 Å². The minimum Gasteiger partial charge on any atom is -0.343 e. The largest absolute Gasteiger partial charge is 0.343 e. The van der Waals surface area contributed by atoms with Gasteiger partial charge in [-0.25, -0.2) is 0 Å². The fourth-order valence-corrected chi connectivity index (χ4v) is 3.08. The second kappa shape index (κ2) is 6.65. The maximum absolute atomic E-state index is 2.37. The van der Waals surface area contributed by atoms with Crippen molar-refractivity contribution in [2.45, 2.75) is 26.2 Å². The summed E-state index contributed by atoms with van der Waals surface area (Å²) in [5.41, 5.74) is 6.69. The Hall–Kier alpha value is -2.28. The first-order valence-corrected chi connectivity index (χ1v) is 8.10. The summed E-state index contributed by atoms with van der Waals surface area (Å²) in [5, 5.41) is 0. The molecule has 2 aromatic carbocycles. The van der Waals surface area contributed by atoms with Crippen LogP contribution in [-0.2, 0) is 13.5 Å². The van der Waals surface area contributed by atoms with Crippen molar-refractivity contribution in [1.29, 1.82) is 0 Å². The molecule has 0 spiro atoms. The van der Waals surface area contributed by atoms with Gasteiger partial charge in [-0.2, -0.15) is 0 Å². The summed E-state index contributed by atoms with van der Waals surface area (Å²) in [6.07, 6.45) is 3.60. The molecule has 0 N–H and O–H groups in total. The van der Waals surface area contributed by atoms with Crippen LogP contribution in [0.15, 0.2) is 66.7 Å². The summed E-state index contributed by atoms with van der Waals surface area (Å²) in [6.45, 7) is 2.25. The van der Waals surface area contributed by atoms with Gasteiger partial charge in [0, 0.05) is 12.7 Å². The number of hydrogen-bond acceptors (Lipinski definition) is 0. The molecule has 0 radical (unpaired) electrons. The Morgan fingerprint density at radius 1 is 0.818 bits per heavy atom. The number of unbranched alkanes of at least 4 members (excludes halogenated alkanes) is 1. The second-order valence-electron chi connectivity index (χ2n) is 5.80. The van der Waals surface area contributed by atoms with E-state index in [-0.39, 0.29) is 0 Å². The molecule has 1 heteroatoms. The van der Waals surface area contributed by atoms with Crippen LogP contribution in [0.3, 0.4) is 0 Å². The summed E-state index contributed by atoms with van der Waals surface area (Å²) < 4.78 is 2.34. The Labute approximate surface area is 133 Å². The van der Waals surface area contributed by atoms with Crippen LogP contribution in [0, 0.1) is 0 Å². The van der Waals surface area contributed by atoms with Gasteiger partial charge in [-0.3, -0.25) is 0 Å². The van der Waals surface area contributed by atoms with Gasteiger partial charge in [0.15, 0.2) is 0 Å². The van der Waals surface area contributed by atoms with E-state index in [1.807, 2.05) is 0 Å². The van der Waals surface area contributed by atoms with E-state index >= 15 is 0 Å². The van der Waals surface area contributed by atoms with E-state index in [0.717, 1.165) is 6.42 Å². The Morgan fingerprint density at radius 3 is 2.00 bits per heavy atom. The zero-order valence-corrected chi connectivity index (χ0v) is 13.4.